The van der Waals surface area contributed by atoms with Crippen molar-refractivity contribution in [1.29, 1.82) is 0 Å². The average molecular weight is 485 g/mol. The lowest BCUT2D eigenvalue weighted by atomic mass is 10.0. The van der Waals surface area contributed by atoms with E-state index in [9.17, 15) is 4.79 Å². The molecule has 186 valence electrons. The third kappa shape index (κ3) is 4.89. The molecule has 0 radical (unpaired) electrons. The van der Waals surface area contributed by atoms with E-state index in [1.165, 1.54) is 6.33 Å². The van der Waals surface area contributed by atoms with Gasteiger partial charge in [-0.05, 0) is 55.2 Å². The predicted molar refractivity (Wildman–Crippen MR) is 141 cm³/mol. The first-order chi connectivity index (χ1) is 17.5. The molecule has 0 unspecified atom stereocenters. The average Bonchev–Trinajstić information content (AvgIpc) is 3.31. The largest absolute Gasteiger partial charge is 0.457 e. The number of fused-ring (bicyclic) bond motifs is 1. The van der Waals surface area contributed by atoms with Crippen LogP contribution in [0.4, 0.5) is 5.82 Å². The number of nitrogen functional groups attached to an aromatic ring is 1. The summed E-state index contributed by atoms with van der Waals surface area (Å²) in [5, 5.41) is 5.72. The topological polar surface area (TPSA) is 99.2 Å². The number of carbonyl (C=O) groups is 1. The summed E-state index contributed by atoms with van der Waals surface area (Å²) in [7, 11) is 0. The minimum Gasteiger partial charge on any atom is -0.457 e. The number of nitrogens with two attached hydrogens (primary N) is 1. The van der Waals surface area contributed by atoms with Crippen LogP contribution in [0.15, 0.2) is 60.9 Å². The molecule has 4 aromatic rings. The summed E-state index contributed by atoms with van der Waals surface area (Å²) >= 11 is 0. The standard InChI is InChI=1S/C28H32N6O2/c1-3-19(2)16-24(35)33-15-7-8-21(17-33)34-28-25(27(29)30-18-31-28)26(32-34)20-11-13-23(14-12-20)36-22-9-5-4-6-10-22/h4-6,9-14,18-19,21H,3,7-8,15-17H2,1-2H3,(H2,29,30,31)/t19-,21-/m1/s1. The van der Waals surface area contributed by atoms with Gasteiger partial charge in [-0.25, -0.2) is 14.6 Å². The minimum absolute atomic E-state index is 0.0332. The SMILES string of the molecule is CC[C@@H](C)CC(=O)N1CCC[C@@H](n2nc(-c3ccc(Oc4ccccc4)cc3)c3c(N)ncnc32)C1. The van der Waals surface area contributed by atoms with E-state index in [-0.39, 0.29) is 11.9 Å². The first-order valence-electron chi connectivity index (χ1n) is 12.6. The van der Waals surface area contributed by atoms with Crippen LogP contribution in [-0.2, 0) is 4.79 Å². The van der Waals surface area contributed by atoms with Crippen molar-refractivity contribution < 1.29 is 9.53 Å². The van der Waals surface area contributed by atoms with E-state index in [1.807, 2.05) is 64.2 Å². The molecule has 8 heteroatoms. The van der Waals surface area contributed by atoms with Gasteiger partial charge in [0.15, 0.2) is 5.65 Å². The molecule has 0 bridgehead atoms. The molecule has 2 aromatic carbocycles. The van der Waals surface area contributed by atoms with E-state index in [0.29, 0.717) is 30.3 Å². The Morgan fingerprint density at radius 1 is 1.11 bits per heavy atom. The smallest absolute Gasteiger partial charge is 0.222 e. The van der Waals surface area contributed by atoms with Gasteiger partial charge in [-0.2, -0.15) is 5.10 Å². The maximum Gasteiger partial charge on any atom is 0.222 e. The van der Waals surface area contributed by atoms with Crippen molar-refractivity contribution in [3.8, 4) is 22.8 Å². The Hall–Kier alpha value is -3.94. The van der Waals surface area contributed by atoms with Crippen LogP contribution in [0.2, 0.25) is 0 Å². The van der Waals surface area contributed by atoms with Gasteiger partial charge in [0.25, 0.3) is 0 Å². The summed E-state index contributed by atoms with van der Waals surface area (Å²) in [6, 6.07) is 17.5. The van der Waals surface area contributed by atoms with Crippen molar-refractivity contribution in [3.05, 3.63) is 60.9 Å². The van der Waals surface area contributed by atoms with E-state index in [0.717, 1.165) is 53.9 Å². The number of likely N-dealkylation sites (tertiary alicyclic amines) is 1. The molecular weight excluding hydrogens is 452 g/mol. The monoisotopic (exact) mass is 484 g/mol. The Morgan fingerprint density at radius 2 is 1.86 bits per heavy atom. The zero-order valence-corrected chi connectivity index (χ0v) is 20.8. The number of aromatic nitrogens is 4. The van der Waals surface area contributed by atoms with Crippen LogP contribution < -0.4 is 10.5 Å². The fourth-order valence-corrected chi connectivity index (χ4v) is 4.71. The van der Waals surface area contributed by atoms with Gasteiger partial charge in [-0.1, -0.05) is 38.5 Å². The quantitative estimate of drug-likeness (QED) is 0.374. The van der Waals surface area contributed by atoms with Gasteiger partial charge in [0.05, 0.1) is 11.4 Å². The molecule has 2 atom stereocenters. The number of anilines is 1. The zero-order valence-electron chi connectivity index (χ0n) is 20.8. The van der Waals surface area contributed by atoms with Crippen molar-refractivity contribution in [2.24, 2.45) is 5.92 Å². The molecule has 1 saturated heterocycles. The molecule has 0 aliphatic carbocycles. The van der Waals surface area contributed by atoms with Gasteiger partial charge >= 0.3 is 0 Å². The molecule has 1 amide bonds. The Balaban J connectivity index is 1.44. The van der Waals surface area contributed by atoms with Crippen LogP contribution in [0.25, 0.3) is 22.3 Å². The molecular formula is C28H32N6O2. The second-order valence-electron chi connectivity index (χ2n) is 9.54. The number of hydrogen-bond acceptors (Lipinski definition) is 6. The minimum atomic E-state index is 0.0332. The summed E-state index contributed by atoms with van der Waals surface area (Å²) in [5.74, 6) is 2.51. The van der Waals surface area contributed by atoms with Crippen LogP contribution in [-0.4, -0.2) is 43.6 Å². The third-order valence-electron chi connectivity index (χ3n) is 6.94. The number of amides is 1. The first kappa shape index (κ1) is 23.8. The molecule has 5 rings (SSSR count). The third-order valence-corrected chi connectivity index (χ3v) is 6.94. The molecule has 0 spiro atoms. The molecule has 2 aromatic heterocycles. The van der Waals surface area contributed by atoms with Crippen molar-refractivity contribution in [1.82, 2.24) is 24.6 Å². The van der Waals surface area contributed by atoms with Gasteiger partial charge in [0.2, 0.25) is 5.91 Å². The van der Waals surface area contributed by atoms with Gasteiger partial charge in [0.1, 0.15) is 29.3 Å². The second-order valence-corrected chi connectivity index (χ2v) is 9.54. The second kappa shape index (κ2) is 10.4. The summed E-state index contributed by atoms with van der Waals surface area (Å²) in [6.45, 7) is 5.67. The van der Waals surface area contributed by atoms with E-state index in [1.54, 1.807) is 0 Å². The van der Waals surface area contributed by atoms with Crippen LogP contribution in [0.5, 0.6) is 11.5 Å². The molecule has 0 saturated carbocycles. The Labute approximate surface area is 211 Å². The first-order valence-corrected chi connectivity index (χ1v) is 12.6. The number of hydrogen-bond donors (Lipinski definition) is 1. The molecule has 2 N–H and O–H groups in total. The zero-order chi connectivity index (χ0) is 25.1. The maximum absolute atomic E-state index is 12.9. The van der Waals surface area contributed by atoms with Crippen LogP contribution in [0.3, 0.4) is 0 Å². The van der Waals surface area contributed by atoms with Gasteiger partial charge in [-0.15, -0.1) is 0 Å². The maximum atomic E-state index is 12.9. The van der Waals surface area contributed by atoms with Crippen LogP contribution >= 0.6 is 0 Å². The highest BCUT2D eigenvalue weighted by molar-refractivity contribution is 5.98. The molecule has 1 fully saturated rings. The molecule has 8 nitrogen and oxygen atoms in total. The highest BCUT2D eigenvalue weighted by Gasteiger charge is 2.29. The number of piperidine rings is 1. The van der Waals surface area contributed by atoms with Crippen molar-refractivity contribution in [2.45, 2.75) is 45.6 Å². The molecule has 3 heterocycles. The lowest BCUT2D eigenvalue weighted by molar-refractivity contribution is -0.133. The van der Waals surface area contributed by atoms with Gasteiger partial charge in [0, 0.05) is 25.1 Å². The fraction of sp³-hybridized carbons (Fsp3) is 0.357. The highest BCUT2D eigenvalue weighted by Crippen LogP contribution is 2.35. The van der Waals surface area contributed by atoms with Crippen molar-refractivity contribution in [2.75, 3.05) is 18.8 Å². The normalized spacial score (nSPS) is 16.7. The van der Waals surface area contributed by atoms with E-state index < -0.39 is 0 Å². The summed E-state index contributed by atoms with van der Waals surface area (Å²) in [6.07, 6.45) is 4.92. The molecule has 1 aliphatic rings. The number of para-hydroxylation sites is 1. The van der Waals surface area contributed by atoms with Gasteiger partial charge in [-0.3, -0.25) is 4.79 Å². The Kier molecular flexibility index (Phi) is 6.84. The predicted octanol–water partition coefficient (Wildman–Crippen LogP) is 5.47. The fourth-order valence-electron chi connectivity index (χ4n) is 4.71. The van der Waals surface area contributed by atoms with E-state index >= 15 is 0 Å². The van der Waals surface area contributed by atoms with Crippen LogP contribution in [0.1, 0.15) is 45.6 Å². The van der Waals surface area contributed by atoms with Crippen molar-refractivity contribution >= 4 is 22.8 Å². The Morgan fingerprint density at radius 3 is 2.61 bits per heavy atom. The van der Waals surface area contributed by atoms with E-state index in [2.05, 4.69) is 23.8 Å². The van der Waals surface area contributed by atoms with E-state index in [4.69, 9.17) is 15.6 Å². The number of carbonyl (C=O) groups excluding carboxylic acids is 1. The number of benzene rings is 2. The van der Waals surface area contributed by atoms with Gasteiger partial charge < -0.3 is 15.4 Å². The summed E-state index contributed by atoms with van der Waals surface area (Å²) < 4.78 is 7.88. The lowest BCUT2D eigenvalue weighted by Crippen LogP contribution is -2.41. The summed E-state index contributed by atoms with van der Waals surface area (Å²) in [4.78, 5) is 23.7. The number of nitrogens with zero attached hydrogens (tertiary/aromatic N) is 5. The Bertz CT molecular complexity index is 1340. The highest BCUT2D eigenvalue weighted by atomic mass is 16.5. The van der Waals surface area contributed by atoms with Crippen LogP contribution in [0, 0.1) is 5.92 Å². The molecule has 36 heavy (non-hydrogen) atoms. The molecule has 1 aliphatic heterocycles. The number of ether oxygens (including phenoxy) is 1. The number of rotatable bonds is 7. The lowest BCUT2D eigenvalue weighted by Gasteiger charge is -2.33. The summed E-state index contributed by atoms with van der Waals surface area (Å²) in [5.41, 5.74) is 8.66. The van der Waals surface area contributed by atoms with Crippen molar-refractivity contribution in [3.63, 3.8) is 0 Å².